The first-order valence-corrected chi connectivity index (χ1v) is 9.76. The Kier molecular flexibility index (Phi) is 5.93. The number of nitrogens with one attached hydrogen (secondary N) is 2. The van der Waals surface area contributed by atoms with Crippen molar-refractivity contribution < 1.29 is 18.7 Å². The highest BCUT2D eigenvalue weighted by Crippen LogP contribution is 2.28. The van der Waals surface area contributed by atoms with Crippen LogP contribution in [0.25, 0.3) is 11.0 Å². The van der Waals surface area contributed by atoms with Crippen molar-refractivity contribution in [1.29, 1.82) is 0 Å². The molecule has 0 saturated carbocycles. The van der Waals surface area contributed by atoms with Gasteiger partial charge in [0.1, 0.15) is 11.3 Å². The third-order valence-corrected chi connectivity index (χ3v) is 4.70. The quantitative estimate of drug-likeness (QED) is 0.627. The van der Waals surface area contributed by atoms with Gasteiger partial charge in [-0.1, -0.05) is 29.8 Å². The molecule has 8 heteroatoms. The maximum absolute atomic E-state index is 12.6. The molecule has 0 spiro atoms. The van der Waals surface area contributed by atoms with Gasteiger partial charge in [-0.3, -0.25) is 20.4 Å². The second kappa shape index (κ2) is 8.37. The van der Waals surface area contributed by atoms with Crippen LogP contribution in [0.3, 0.4) is 0 Å². The predicted molar refractivity (Wildman–Crippen MR) is 106 cm³/mol. The summed E-state index contributed by atoms with van der Waals surface area (Å²) in [6, 6.07) is 12.1. The van der Waals surface area contributed by atoms with Crippen LogP contribution in [0.1, 0.15) is 26.5 Å². The SMILES string of the molecule is COc1ccc(Cl)cc1C(=O)NNC(=O)c1oc2ccccc2c1CSC. The summed E-state index contributed by atoms with van der Waals surface area (Å²) in [5, 5.41) is 1.26. The van der Waals surface area contributed by atoms with E-state index in [0.717, 1.165) is 10.9 Å². The van der Waals surface area contributed by atoms with Gasteiger partial charge in [0, 0.05) is 21.7 Å². The molecule has 0 bridgehead atoms. The molecule has 3 aromatic rings. The molecule has 1 aromatic heterocycles. The zero-order valence-electron chi connectivity index (χ0n) is 14.7. The Morgan fingerprint density at radius 1 is 1.15 bits per heavy atom. The normalized spacial score (nSPS) is 10.6. The van der Waals surface area contributed by atoms with Crippen LogP contribution in [0, 0.1) is 0 Å². The molecular formula is C19H17ClN2O4S. The summed E-state index contributed by atoms with van der Waals surface area (Å²) in [7, 11) is 1.45. The molecule has 0 radical (unpaired) electrons. The topological polar surface area (TPSA) is 80.6 Å². The van der Waals surface area contributed by atoms with Gasteiger partial charge in [0.25, 0.3) is 5.91 Å². The molecule has 1 heterocycles. The molecule has 2 aromatic carbocycles. The molecule has 140 valence electrons. The molecule has 0 unspecified atom stereocenters. The Hall–Kier alpha value is -2.64. The first-order chi connectivity index (χ1) is 13.0. The van der Waals surface area contributed by atoms with Crippen molar-refractivity contribution in [2.45, 2.75) is 5.75 Å². The van der Waals surface area contributed by atoms with Gasteiger partial charge < -0.3 is 9.15 Å². The monoisotopic (exact) mass is 404 g/mol. The van der Waals surface area contributed by atoms with E-state index in [-0.39, 0.29) is 11.3 Å². The summed E-state index contributed by atoms with van der Waals surface area (Å²) in [6.07, 6.45) is 1.94. The molecule has 3 rings (SSSR count). The Bertz CT molecular complexity index is 1000. The van der Waals surface area contributed by atoms with E-state index in [4.69, 9.17) is 20.8 Å². The summed E-state index contributed by atoms with van der Waals surface area (Å²) in [4.78, 5) is 25.0. The Balaban J connectivity index is 1.80. The minimum absolute atomic E-state index is 0.170. The fourth-order valence-corrected chi connectivity index (χ4v) is 3.41. The van der Waals surface area contributed by atoms with Gasteiger partial charge in [-0.25, -0.2) is 0 Å². The van der Waals surface area contributed by atoms with Gasteiger partial charge in [0.2, 0.25) is 0 Å². The lowest BCUT2D eigenvalue weighted by atomic mass is 10.1. The fraction of sp³-hybridized carbons (Fsp3) is 0.158. The lowest BCUT2D eigenvalue weighted by Gasteiger charge is -2.10. The summed E-state index contributed by atoms with van der Waals surface area (Å²) < 4.78 is 10.8. The van der Waals surface area contributed by atoms with E-state index in [1.54, 1.807) is 30.0 Å². The molecule has 27 heavy (non-hydrogen) atoms. The highest BCUT2D eigenvalue weighted by atomic mass is 35.5. The van der Waals surface area contributed by atoms with Gasteiger partial charge in [0.05, 0.1) is 12.7 Å². The molecular weight excluding hydrogens is 388 g/mol. The fourth-order valence-electron chi connectivity index (χ4n) is 2.67. The molecule has 0 aliphatic carbocycles. The number of furan rings is 1. The van der Waals surface area contributed by atoms with E-state index in [9.17, 15) is 9.59 Å². The van der Waals surface area contributed by atoms with E-state index in [0.29, 0.717) is 22.1 Å². The van der Waals surface area contributed by atoms with Crippen LogP contribution in [-0.2, 0) is 5.75 Å². The summed E-state index contributed by atoms with van der Waals surface area (Å²) in [5.74, 6) is 0.0345. The number of hydrogen-bond donors (Lipinski definition) is 2. The van der Waals surface area contributed by atoms with Crippen LogP contribution < -0.4 is 15.6 Å². The van der Waals surface area contributed by atoms with Crippen molar-refractivity contribution >= 4 is 46.1 Å². The zero-order valence-corrected chi connectivity index (χ0v) is 16.2. The van der Waals surface area contributed by atoms with Crippen molar-refractivity contribution in [2.24, 2.45) is 0 Å². The minimum Gasteiger partial charge on any atom is -0.496 e. The smallest absolute Gasteiger partial charge is 0.305 e. The number of amides is 2. The van der Waals surface area contributed by atoms with Gasteiger partial charge in [-0.15, -0.1) is 0 Å². The Morgan fingerprint density at radius 2 is 1.89 bits per heavy atom. The maximum atomic E-state index is 12.6. The van der Waals surface area contributed by atoms with Crippen LogP contribution in [0.2, 0.25) is 5.02 Å². The second-order valence-electron chi connectivity index (χ2n) is 5.59. The summed E-state index contributed by atoms with van der Waals surface area (Å²) in [6.45, 7) is 0. The Morgan fingerprint density at radius 3 is 2.63 bits per heavy atom. The third-order valence-electron chi connectivity index (χ3n) is 3.89. The predicted octanol–water partition coefficient (Wildman–Crippen LogP) is 4.03. The second-order valence-corrected chi connectivity index (χ2v) is 6.89. The number of rotatable bonds is 5. The number of carbonyl (C=O) groups excluding carboxylic acids is 2. The number of fused-ring (bicyclic) bond motifs is 1. The number of benzene rings is 2. The van der Waals surface area contributed by atoms with Crippen LogP contribution in [0.5, 0.6) is 5.75 Å². The van der Waals surface area contributed by atoms with Crippen LogP contribution >= 0.6 is 23.4 Å². The highest BCUT2D eigenvalue weighted by Gasteiger charge is 2.21. The average molecular weight is 405 g/mol. The zero-order chi connectivity index (χ0) is 19.4. The Labute approximate surface area is 165 Å². The van der Waals surface area contributed by atoms with Crippen molar-refractivity contribution in [2.75, 3.05) is 13.4 Å². The van der Waals surface area contributed by atoms with Crippen LogP contribution in [0.4, 0.5) is 0 Å². The molecule has 0 atom stereocenters. The van der Waals surface area contributed by atoms with E-state index >= 15 is 0 Å². The molecule has 6 nitrogen and oxygen atoms in total. The van der Waals surface area contributed by atoms with Crippen LogP contribution in [0.15, 0.2) is 46.9 Å². The summed E-state index contributed by atoms with van der Waals surface area (Å²) >= 11 is 7.51. The van der Waals surface area contributed by atoms with E-state index in [1.807, 2.05) is 24.5 Å². The number of methoxy groups -OCH3 is 1. The van der Waals surface area contributed by atoms with E-state index < -0.39 is 11.8 Å². The number of carbonyl (C=O) groups is 2. The number of hydrogen-bond acceptors (Lipinski definition) is 5. The van der Waals surface area contributed by atoms with Gasteiger partial charge in [-0.2, -0.15) is 11.8 Å². The van der Waals surface area contributed by atoms with E-state index in [2.05, 4.69) is 10.9 Å². The van der Waals surface area contributed by atoms with Crippen molar-refractivity contribution in [3.63, 3.8) is 0 Å². The number of para-hydroxylation sites is 1. The van der Waals surface area contributed by atoms with Gasteiger partial charge in [0.15, 0.2) is 5.76 Å². The van der Waals surface area contributed by atoms with E-state index in [1.165, 1.54) is 13.2 Å². The first-order valence-electron chi connectivity index (χ1n) is 7.98. The average Bonchev–Trinajstić information content (AvgIpc) is 3.05. The summed E-state index contributed by atoms with van der Waals surface area (Å²) in [5.41, 5.74) is 6.37. The molecule has 0 fully saturated rings. The standard InChI is InChI=1S/C19H17ClN2O4S/c1-25-15-8-7-11(20)9-13(15)18(23)21-22-19(24)17-14(10-27-2)12-5-3-4-6-16(12)26-17/h3-9H,10H2,1-2H3,(H,21,23)(H,22,24). The number of halogens is 1. The number of hydrazine groups is 1. The number of ether oxygens (including phenoxy) is 1. The molecule has 2 N–H and O–H groups in total. The first kappa shape index (κ1) is 19.1. The lowest BCUT2D eigenvalue weighted by molar-refractivity contribution is 0.0830. The minimum atomic E-state index is -0.551. The van der Waals surface area contributed by atoms with Gasteiger partial charge in [-0.05, 0) is 30.5 Å². The third kappa shape index (κ3) is 4.04. The number of thioether (sulfide) groups is 1. The van der Waals surface area contributed by atoms with Crippen molar-refractivity contribution in [3.8, 4) is 5.75 Å². The molecule has 0 saturated heterocycles. The maximum Gasteiger partial charge on any atom is 0.305 e. The highest BCUT2D eigenvalue weighted by molar-refractivity contribution is 7.97. The largest absolute Gasteiger partial charge is 0.496 e. The van der Waals surface area contributed by atoms with Crippen molar-refractivity contribution in [1.82, 2.24) is 10.9 Å². The van der Waals surface area contributed by atoms with Gasteiger partial charge >= 0.3 is 5.91 Å². The molecule has 0 aliphatic rings. The van der Waals surface area contributed by atoms with Crippen molar-refractivity contribution in [3.05, 3.63) is 64.4 Å². The van der Waals surface area contributed by atoms with Crippen LogP contribution in [-0.4, -0.2) is 25.2 Å². The molecule has 2 amide bonds. The molecule has 0 aliphatic heterocycles. The lowest BCUT2D eigenvalue weighted by Crippen LogP contribution is -2.41.